The van der Waals surface area contributed by atoms with Crippen LogP contribution in [0.15, 0.2) is 0 Å². The Morgan fingerprint density at radius 3 is 1.86 bits per heavy atom. The van der Waals surface area contributed by atoms with E-state index in [0.29, 0.717) is 31.1 Å². The number of unbranched alkanes of at least 4 members (excludes halogenated alkanes) is 6. The summed E-state index contributed by atoms with van der Waals surface area (Å²) in [5, 5.41) is 32.3. The molecule has 0 aliphatic heterocycles. The first-order valence-electron chi connectivity index (χ1n) is 9.55. The maximum atomic E-state index is 11.0. The van der Waals surface area contributed by atoms with E-state index in [1.54, 1.807) is 0 Å². The molecule has 0 aromatic heterocycles. The number of aliphatic hydroxyl groups is 3. The monoisotopic (exact) mass is 310 g/mol. The average molecular weight is 310 g/mol. The lowest BCUT2D eigenvalue weighted by Crippen LogP contribution is -2.69. The smallest absolute Gasteiger partial charge is 0.0733 e. The molecule has 0 heterocycles. The number of hydrogen-bond donors (Lipinski definition) is 3. The van der Waals surface area contributed by atoms with Gasteiger partial charge in [0.15, 0.2) is 0 Å². The van der Waals surface area contributed by atoms with Gasteiger partial charge in [-0.15, -0.1) is 0 Å². The molecule has 4 aliphatic carbocycles. The Labute approximate surface area is 135 Å². The molecule has 3 heteroatoms. The minimum absolute atomic E-state index is 0.295. The zero-order chi connectivity index (χ0) is 15.8. The van der Waals surface area contributed by atoms with Crippen LogP contribution in [0.2, 0.25) is 0 Å². The molecule has 0 saturated heterocycles. The van der Waals surface area contributed by atoms with E-state index < -0.39 is 16.8 Å². The molecule has 3 N–H and O–H groups in total. The van der Waals surface area contributed by atoms with Gasteiger partial charge in [-0.05, 0) is 31.1 Å². The van der Waals surface area contributed by atoms with Crippen LogP contribution in [0.1, 0.15) is 90.4 Å². The van der Waals surface area contributed by atoms with E-state index in [-0.39, 0.29) is 0 Å². The molecule has 0 aromatic carbocycles. The number of hydrogen-bond acceptors (Lipinski definition) is 3. The van der Waals surface area contributed by atoms with E-state index in [1.807, 2.05) is 0 Å². The summed E-state index contributed by atoms with van der Waals surface area (Å²) >= 11 is 0. The zero-order valence-electron chi connectivity index (χ0n) is 14.2. The van der Waals surface area contributed by atoms with Crippen LogP contribution in [0.3, 0.4) is 0 Å². The van der Waals surface area contributed by atoms with Gasteiger partial charge in [0.1, 0.15) is 0 Å². The molecule has 0 aromatic rings. The minimum atomic E-state index is -0.814. The van der Waals surface area contributed by atoms with Crippen LogP contribution in [0.4, 0.5) is 0 Å². The Morgan fingerprint density at radius 1 is 0.773 bits per heavy atom. The van der Waals surface area contributed by atoms with E-state index >= 15 is 0 Å². The Balaban J connectivity index is 1.49. The van der Waals surface area contributed by atoms with Crippen LogP contribution in [-0.2, 0) is 0 Å². The van der Waals surface area contributed by atoms with Gasteiger partial charge in [-0.1, -0.05) is 51.9 Å². The molecule has 4 bridgehead atoms. The molecule has 4 aliphatic rings. The van der Waals surface area contributed by atoms with Crippen molar-refractivity contribution >= 4 is 0 Å². The lowest BCUT2D eigenvalue weighted by molar-refractivity contribution is -0.280. The first-order valence-corrected chi connectivity index (χ1v) is 9.55. The van der Waals surface area contributed by atoms with Gasteiger partial charge in [0.2, 0.25) is 0 Å². The largest absolute Gasteiger partial charge is 0.390 e. The average Bonchev–Trinajstić information content (AvgIpc) is 2.36. The second-order valence-corrected chi connectivity index (χ2v) is 8.77. The third-order valence-corrected chi connectivity index (χ3v) is 6.59. The van der Waals surface area contributed by atoms with Gasteiger partial charge in [0.25, 0.3) is 0 Å². The second kappa shape index (κ2) is 6.07. The van der Waals surface area contributed by atoms with Gasteiger partial charge < -0.3 is 15.3 Å². The van der Waals surface area contributed by atoms with Crippen LogP contribution < -0.4 is 0 Å². The highest BCUT2D eigenvalue weighted by atomic mass is 16.3. The van der Waals surface area contributed by atoms with Crippen molar-refractivity contribution in [3.8, 4) is 0 Å². The zero-order valence-corrected chi connectivity index (χ0v) is 14.2. The van der Waals surface area contributed by atoms with Crippen LogP contribution >= 0.6 is 0 Å². The summed E-state index contributed by atoms with van der Waals surface area (Å²) < 4.78 is 0. The highest BCUT2D eigenvalue weighted by Gasteiger charge is 2.66. The van der Waals surface area contributed by atoms with Gasteiger partial charge in [-0.2, -0.15) is 0 Å². The molecular formula is C19H34O3. The molecule has 4 saturated carbocycles. The molecule has 4 fully saturated rings. The summed E-state index contributed by atoms with van der Waals surface area (Å²) in [7, 11) is 0. The summed E-state index contributed by atoms with van der Waals surface area (Å²) in [5.74, 6) is 0.611. The highest BCUT2D eigenvalue weighted by Crippen LogP contribution is 2.62. The Morgan fingerprint density at radius 2 is 1.32 bits per heavy atom. The standard InChI is InChI=1S/C19H34O3/c1-2-3-4-5-6-7-8-9-16-15-10-17(20)12-18(21,11-15)14-19(16,22)13-17/h15-16,20-22H,2-14H2,1H3. The fraction of sp³-hybridized carbons (Fsp3) is 1.00. The maximum absolute atomic E-state index is 11.0. The van der Waals surface area contributed by atoms with Crippen LogP contribution in [0.25, 0.3) is 0 Å². The van der Waals surface area contributed by atoms with E-state index in [1.165, 1.54) is 44.9 Å². The normalized spacial score (nSPS) is 46.4. The molecule has 22 heavy (non-hydrogen) atoms. The molecule has 3 atom stereocenters. The van der Waals surface area contributed by atoms with Gasteiger partial charge >= 0.3 is 0 Å². The topological polar surface area (TPSA) is 60.7 Å². The Kier molecular flexibility index (Phi) is 4.61. The van der Waals surface area contributed by atoms with Gasteiger partial charge in [-0.3, -0.25) is 0 Å². The van der Waals surface area contributed by atoms with E-state index in [0.717, 1.165) is 19.3 Å². The SMILES string of the molecule is CCCCCCCCCC1C2CC3(O)CC(O)(C2)CC1(O)C3. The summed E-state index contributed by atoms with van der Waals surface area (Å²) in [6, 6.07) is 0. The fourth-order valence-electron chi connectivity index (χ4n) is 6.09. The van der Waals surface area contributed by atoms with Crippen molar-refractivity contribution in [2.75, 3.05) is 0 Å². The summed E-state index contributed by atoms with van der Waals surface area (Å²) in [6.07, 6.45) is 13.2. The summed E-state index contributed by atoms with van der Waals surface area (Å²) in [4.78, 5) is 0. The summed E-state index contributed by atoms with van der Waals surface area (Å²) in [5.41, 5.74) is -2.42. The molecule has 0 spiro atoms. The summed E-state index contributed by atoms with van der Waals surface area (Å²) in [6.45, 7) is 2.24. The van der Waals surface area contributed by atoms with Crippen LogP contribution in [0.5, 0.6) is 0 Å². The Bertz CT molecular complexity index is 376. The van der Waals surface area contributed by atoms with Crippen molar-refractivity contribution in [1.82, 2.24) is 0 Å². The predicted molar refractivity (Wildman–Crippen MR) is 87.5 cm³/mol. The van der Waals surface area contributed by atoms with Crippen LogP contribution in [-0.4, -0.2) is 32.1 Å². The lowest BCUT2D eigenvalue weighted by Gasteiger charge is -2.65. The second-order valence-electron chi connectivity index (χ2n) is 8.77. The van der Waals surface area contributed by atoms with Crippen molar-refractivity contribution in [1.29, 1.82) is 0 Å². The fourth-order valence-corrected chi connectivity index (χ4v) is 6.09. The minimum Gasteiger partial charge on any atom is -0.390 e. The molecule has 3 nitrogen and oxygen atoms in total. The Hall–Kier alpha value is -0.120. The van der Waals surface area contributed by atoms with Crippen molar-refractivity contribution in [2.24, 2.45) is 11.8 Å². The van der Waals surface area contributed by atoms with Crippen molar-refractivity contribution < 1.29 is 15.3 Å². The van der Waals surface area contributed by atoms with E-state index in [2.05, 4.69) is 6.92 Å². The van der Waals surface area contributed by atoms with Crippen molar-refractivity contribution in [3.63, 3.8) is 0 Å². The first-order chi connectivity index (χ1) is 10.4. The highest BCUT2D eigenvalue weighted by molar-refractivity contribution is 5.18. The van der Waals surface area contributed by atoms with Gasteiger partial charge in [0, 0.05) is 19.3 Å². The van der Waals surface area contributed by atoms with E-state index in [4.69, 9.17) is 0 Å². The molecule has 3 unspecified atom stereocenters. The number of rotatable bonds is 8. The van der Waals surface area contributed by atoms with E-state index in [9.17, 15) is 15.3 Å². The quantitative estimate of drug-likeness (QED) is 0.601. The third kappa shape index (κ3) is 3.22. The lowest BCUT2D eigenvalue weighted by atomic mass is 9.46. The molecule has 128 valence electrons. The molecule has 4 rings (SSSR count). The molecule has 0 amide bonds. The predicted octanol–water partition coefficient (Wildman–Crippen LogP) is 3.54. The third-order valence-electron chi connectivity index (χ3n) is 6.59. The molecule has 0 radical (unpaired) electrons. The van der Waals surface area contributed by atoms with Crippen molar-refractivity contribution in [2.45, 2.75) is 107 Å². The van der Waals surface area contributed by atoms with Gasteiger partial charge in [-0.25, -0.2) is 0 Å². The van der Waals surface area contributed by atoms with Crippen molar-refractivity contribution in [3.05, 3.63) is 0 Å². The molecular weight excluding hydrogens is 276 g/mol. The van der Waals surface area contributed by atoms with Gasteiger partial charge in [0.05, 0.1) is 16.8 Å². The first kappa shape index (κ1) is 16.7. The maximum Gasteiger partial charge on any atom is 0.0733 e. The van der Waals surface area contributed by atoms with Crippen LogP contribution in [0, 0.1) is 11.8 Å².